The Bertz CT molecular complexity index is 4190. The van der Waals surface area contributed by atoms with Crippen LogP contribution in [0.3, 0.4) is 0 Å². The van der Waals surface area contributed by atoms with E-state index in [2.05, 4.69) is 88.0 Å². The Morgan fingerprint density at radius 1 is 0.338 bits per heavy atom. The Morgan fingerprint density at radius 3 is 1.59 bits per heavy atom. The summed E-state index contributed by atoms with van der Waals surface area (Å²) in [5.74, 6) is -4.96. The van der Waals surface area contributed by atoms with Gasteiger partial charge in [-0.2, -0.15) is 0 Å². The zero-order chi connectivity index (χ0) is 45.8. The topological polar surface area (TPSA) is 163 Å². The smallest absolute Gasteiger partial charge is 0.208 e. The molecule has 13 rings (SSSR count). The molecule has 0 saturated carbocycles. The van der Waals surface area contributed by atoms with Crippen molar-refractivity contribution >= 4 is 65.6 Å². The maximum absolute atomic E-state index is 11.2. The molecule has 5 N–H and O–H groups in total. The highest BCUT2D eigenvalue weighted by Gasteiger charge is 2.28. The van der Waals surface area contributed by atoms with Crippen LogP contribution in [0.1, 0.15) is 0 Å². The van der Waals surface area contributed by atoms with Crippen LogP contribution in [0.4, 0.5) is 0 Å². The standard InChI is InChI=1S/C57H35N5O6/c63-49-48(50(64)52(66)53(67)51(49)65)57-59-55(33-23-26-44-40(28-33)37-17-8-9-19-42(37)61(44)35-14-5-2-6-15-35)58-56(60-57)34-24-27-47-41(29-34)39-18-11-21-45(54(39)68-47)62-43-20-10-7-16-36(43)38-25-22-32(30-46(38)62)31-12-3-1-4-13-31/h1-30,63-67H. The molecule has 0 atom stereocenters. The molecule has 0 amide bonds. The molecule has 11 heteroatoms. The van der Waals surface area contributed by atoms with Crippen LogP contribution in [0, 0.1) is 0 Å². The van der Waals surface area contributed by atoms with Crippen LogP contribution in [-0.2, 0) is 0 Å². The van der Waals surface area contributed by atoms with Crippen molar-refractivity contribution in [1.29, 1.82) is 0 Å². The van der Waals surface area contributed by atoms with Crippen LogP contribution in [0.5, 0.6) is 28.7 Å². The lowest BCUT2D eigenvalue weighted by Crippen LogP contribution is -2.01. The minimum absolute atomic E-state index is 0.158. The third kappa shape index (κ3) is 5.75. The van der Waals surface area contributed by atoms with Crippen molar-refractivity contribution in [1.82, 2.24) is 24.1 Å². The van der Waals surface area contributed by atoms with E-state index in [1.807, 2.05) is 103 Å². The summed E-state index contributed by atoms with van der Waals surface area (Å²) in [7, 11) is 0. The highest BCUT2D eigenvalue weighted by Crippen LogP contribution is 2.54. The highest BCUT2D eigenvalue weighted by atomic mass is 16.4. The molecule has 4 heterocycles. The number of phenolic OH excluding ortho intramolecular Hbond substituents is 5. The lowest BCUT2D eigenvalue weighted by molar-refractivity contribution is 0.329. The van der Waals surface area contributed by atoms with Crippen molar-refractivity contribution in [3.63, 3.8) is 0 Å². The zero-order valence-corrected chi connectivity index (χ0v) is 35.7. The quantitative estimate of drug-likeness (QED) is 0.0808. The van der Waals surface area contributed by atoms with Gasteiger partial charge in [0.25, 0.3) is 0 Å². The second-order valence-electron chi connectivity index (χ2n) is 16.8. The predicted molar refractivity (Wildman–Crippen MR) is 266 cm³/mol. The van der Waals surface area contributed by atoms with Crippen LogP contribution in [0.25, 0.3) is 122 Å². The second-order valence-corrected chi connectivity index (χ2v) is 16.8. The molecule has 0 aliphatic carbocycles. The van der Waals surface area contributed by atoms with Gasteiger partial charge < -0.3 is 39.1 Å². The van der Waals surface area contributed by atoms with Crippen molar-refractivity contribution in [3.8, 4) is 85.4 Å². The van der Waals surface area contributed by atoms with Crippen molar-refractivity contribution in [2.24, 2.45) is 0 Å². The van der Waals surface area contributed by atoms with Crippen molar-refractivity contribution in [2.75, 3.05) is 0 Å². The third-order valence-electron chi connectivity index (χ3n) is 12.9. The molecule has 0 aliphatic rings. The van der Waals surface area contributed by atoms with E-state index >= 15 is 0 Å². The first kappa shape index (κ1) is 38.8. The number of rotatable bonds is 6. The van der Waals surface area contributed by atoms with Crippen molar-refractivity contribution in [2.45, 2.75) is 0 Å². The maximum atomic E-state index is 11.2. The molecule has 0 unspecified atom stereocenters. The van der Waals surface area contributed by atoms with Crippen molar-refractivity contribution in [3.05, 3.63) is 182 Å². The van der Waals surface area contributed by atoms with Gasteiger partial charge in [-0.25, -0.2) is 15.0 Å². The van der Waals surface area contributed by atoms with Gasteiger partial charge in [0.1, 0.15) is 11.1 Å². The molecule has 11 nitrogen and oxygen atoms in total. The van der Waals surface area contributed by atoms with Gasteiger partial charge in [-0.15, -0.1) is 0 Å². The molecular formula is C57H35N5O6. The van der Waals surface area contributed by atoms with E-state index in [0.29, 0.717) is 22.3 Å². The van der Waals surface area contributed by atoms with Gasteiger partial charge in [0.2, 0.25) is 17.2 Å². The monoisotopic (exact) mass is 885 g/mol. The van der Waals surface area contributed by atoms with Gasteiger partial charge in [-0.3, -0.25) is 0 Å². The van der Waals surface area contributed by atoms with Crippen LogP contribution in [0.15, 0.2) is 186 Å². The SMILES string of the molecule is Oc1c(O)c(O)c(-c2nc(-c3ccc4oc5c(-n6c7ccccc7c7ccc(-c8ccccc8)cc76)cccc5c4c3)nc(-c3ccc4c(c3)c3ccccc3n4-c3ccccc3)n2)c(O)c1O. The normalized spacial score (nSPS) is 11.8. The van der Waals surface area contributed by atoms with Crippen LogP contribution in [0.2, 0.25) is 0 Å². The average Bonchev–Trinajstić information content (AvgIpc) is 4.05. The molecule has 0 fully saturated rings. The number of furan rings is 1. The number of hydrogen-bond acceptors (Lipinski definition) is 9. The van der Waals surface area contributed by atoms with E-state index in [1.165, 1.54) is 0 Å². The minimum atomic E-state index is -1.09. The minimum Gasteiger partial charge on any atom is -0.504 e. The first-order valence-electron chi connectivity index (χ1n) is 21.9. The molecule has 68 heavy (non-hydrogen) atoms. The molecular weight excluding hydrogens is 851 g/mol. The van der Waals surface area contributed by atoms with Gasteiger partial charge in [-0.1, -0.05) is 109 Å². The number of nitrogens with zero attached hydrogens (tertiary/aromatic N) is 5. The molecule has 0 bridgehead atoms. The van der Waals surface area contributed by atoms with E-state index in [0.717, 1.165) is 76.9 Å². The van der Waals surface area contributed by atoms with E-state index in [-0.39, 0.29) is 17.5 Å². The molecule has 324 valence electrons. The molecule has 9 aromatic carbocycles. The molecule has 0 radical (unpaired) electrons. The second kappa shape index (κ2) is 14.7. The van der Waals surface area contributed by atoms with E-state index < -0.39 is 34.3 Å². The Labute approximate surface area is 385 Å². The molecule has 4 aromatic heterocycles. The van der Waals surface area contributed by atoms with Crippen LogP contribution >= 0.6 is 0 Å². The summed E-state index contributed by atoms with van der Waals surface area (Å²) < 4.78 is 11.2. The summed E-state index contributed by atoms with van der Waals surface area (Å²) >= 11 is 0. The number of fused-ring (bicyclic) bond motifs is 9. The summed E-state index contributed by atoms with van der Waals surface area (Å²) in [5, 5.41) is 59.8. The zero-order valence-electron chi connectivity index (χ0n) is 35.7. The first-order chi connectivity index (χ1) is 33.3. The Balaban J connectivity index is 1.01. The number of aromatic nitrogens is 5. The van der Waals surface area contributed by atoms with Crippen molar-refractivity contribution < 1.29 is 29.9 Å². The van der Waals surface area contributed by atoms with E-state index in [9.17, 15) is 25.5 Å². The van der Waals surface area contributed by atoms with Gasteiger partial charge in [0.05, 0.1) is 27.8 Å². The summed E-state index contributed by atoms with van der Waals surface area (Å²) in [6.45, 7) is 0. The third-order valence-corrected chi connectivity index (χ3v) is 12.9. The summed E-state index contributed by atoms with van der Waals surface area (Å²) in [4.78, 5) is 14.5. The Kier molecular flexibility index (Phi) is 8.40. The number of para-hydroxylation sites is 4. The number of hydrogen-bond donors (Lipinski definition) is 5. The van der Waals surface area contributed by atoms with Crippen LogP contribution < -0.4 is 0 Å². The lowest BCUT2D eigenvalue weighted by Gasteiger charge is -2.13. The molecule has 0 saturated heterocycles. The fourth-order valence-corrected chi connectivity index (χ4v) is 9.75. The maximum Gasteiger partial charge on any atom is 0.208 e. The van der Waals surface area contributed by atoms with Gasteiger partial charge in [-0.05, 0) is 83.9 Å². The summed E-state index contributed by atoms with van der Waals surface area (Å²) in [6, 6.07) is 61.0. The molecule has 13 aromatic rings. The summed E-state index contributed by atoms with van der Waals surface area (Å²) in [5.41, 5.74) is 10.0. The fraction of sp³-hybridized carbons (Fsp3) is 0. The van der Waals surface area contributed by atoms with E-state index in [4.69, 9.17) is 19.4 Å². The number of aromatic hydroxyl groups is 5. The molecule has 0 spiro atoms. The van der Waals surface area contributed by atoms with E-state index in [1.54, 1.807) is 0 Å². The largest absolute Gasteiger partial charge is 0.504 e. The van der Waals surface area contributed by atoms with Gasteiger partial charge in [0, 0.05) is 49.1 Å². The predicted octanol–water partition coefficient (Wildman–Crippen LogP) is 13.2. The van der Waals surface area contributed by atoms with Crippen LogP contribution in [-0.4, -0.2) is 49.6 Å². The lowest BCUT2D eigenvalue weighted by atomic mass is 10.0. The average molecular weight is 886 g/mol. The Hall–Kier alpha value is -9.61. The number of benzene rings is 9. The number of phenols is 5. The fourth-order valence-electron chi connectivity index (χ4n) is 9.75. The van der Waals surface area contributed by atoms with Gasteiger partial charge in [0.15, 0.2) is 34.6 Å². The first-order valence-corrected chi connectivity index (χ1v) is 21.9. The highest BCUT2D eigenvalue weighted by molar-refractivity contribution is 6.14. The molecule has 0 aliphatic heterocycles. The Morgan fingerprint density at radius 2 is 0.868 bits per heavy atom. The van der Waals surface area contributed by atoms with Gasteiger partial charge >= 0.3 is 0 Å². The summed E-state index contributed by atoms with van der Waals surface area (Å²) in [6.07, 6.45) is 0.